The number of nitrogens with zero attached hydrogens (tertiary/aromatic N) is 4. The molecule has 2 aromatic heterocycles. The van der Waals surface area contributed by atoms with Crippen molar-refractivity contribution in [2.24, 2.45) is 0 Å². The smallest absolute Gasteiger partial charge is 0.267 e. The number of pyridine rings is 1. The number of fused-ring (bicyclic) bond motifs is 1. The summed E-state index contributed by atoms with van der Waals surface area (Å²) in [4.78, 5) is 35.3. The molecule has 0 unspecified atom stereocenters. The van der Waals surface area contributed by atoms with Crippen molar-refractivity contribution in [3.8, 4) is 0 Å². The van der Waals surface area contributed by atoms with Crippen LogP contribution in [0.5, 0.6) is 0 Å². The van der Waals surface area contributed by atoms with Crippen molar-refractivity contribution in [1.82, 2.24) is 14.3 Å². The molecule has 0 bridgehead atoms. The number of ether oxygens (including phenoxy) is 1. The van der Waals surface area contributed by atoms with E-state index >= 15 is 0 Å². The summed E-state index contributed by atoms with van der Waals surface area (Å²) in [5.41, 5.74) is 0.798. The number of unbranched alkanes of at least 4 members (excludes halogenated alkanes) is 3. The first kappa shape index (κ1) is 22.0. The Balaban J connectivity index is 1.70. The lowest BCUT2D eigenvalue weighted by Crippen LogP contribution is -2.38. The van der Waals surface area contributed by atoms with E-state index in [-0.39, 0.29) is 11.5 Å². The first-order valence-electron chi connectivity index (χ1n) is 10.7. The summed E-state index contributed by atoms with van der Waals surface area (Å²) in [5.74, 6) is 0.463. The molecule has 0 radical (unpaired) electrons. The number of anilines is 1. The fourth-order valence-corrected chi connectivity index (χ4v) is 5.04. The third kappa shape index (κ3) is 4.68. The number of amides is 1. The first-order valence-corrected chi connectivity index (χ1v) is 11.9. The Labute approximate surface area is 191 Å². The molecule has 0 aliphatic carbocycles. The van der Waals surface area contributed by atoms with Crippen LogP contribution in [0.1, 0.15) is 38.2 Å². The van der Waals surface area contributed by atoms with E-state index in [2.05, 4.69) is 11.8 Å². The number of carbonyl (C=O) groups excluding carboxylic acids is 1. The molecule has 4 heterocycles. The zero-order valence-corrected chi connectivity index (χ0v) is 19.2. The van der Waals surface area contributed by atoms with Crippen LogP contribution in [0.3, 0.4) is 0 Å². The number of thioether (sulfide) groups is 1. The molecule has 2 saturated heterocycles. The van der Waals surface area contributed by atoms with Crippen molar-refractivity contribution in [2.45, 2.75) is 32.6 Å². The molecule has 2 aliphatic heterocycles. The Bertz CT molecular complexity index is 1080. The van der Waals surface area contributed by atoms with Crippen molar-refractivity contribution in [2.75, 3.05) is 37.7 Å². The van der Waals surface area contributed by atoms with E-state index in [1.807, 2.05) is 12.1 Å². The molecule has 0 atom stereocenters. The lowest BCUT2D eigenvalue weighted by Gasteiger charge is -2.29. The molecule has 0 spiro atoms. The molecule has 2 fully saturated rings. The third-order valence-electron chi connectivity index (χ3n) is 5.44. The van der Waals surface area contributed by atoms with Crippen molar-refractivity contribution in [1.29, 1.82) is 0 Å². The van der Waals surface area contributed by atoms with Crippen LogP contribution in [0.15, 0.2) is 34.1 Å². The molecule has 7 nitrogen and oxygen atoms in total. The summed E-state index contributed by atoms with van der Waals surface area (Å²) >= 11 is 6.72. The van der Waals surface area contributed by atoms with Gasteiger partial charge in [-0.05, 0) is 24.6 Å². The monoisotopic (exact) mass is 458 g/mol. The maximum absolute atomic E-state index is 13.3. The number of hydrogen-bond acceptors (Lipinski definition) is 7. The predicted molar refractivity (Wildman–Crippen MR) is 129 cm³/mol. The highest BCUT2D eigenvalue weighted by atomic mass is 32.2. The van der Waals surface area contributed by atoms with E-state index in [0.29, 0.717) is 59.1 Å². The lowest BCUT2D eigenvalue weighted by molar-refractivity contribution is -0.122. The minimum absolute atomic E-state index is 0.128. The summed E-state index contributed by atoms with van der Waals surface area (Å²) in [6, 6.07) is 5.46. The summed E-state index contributed by atoms with van der Waals surface area (Å²) in [7, 11) is 0. The summed E-state index contributed by atoms with van der Waals surface area (Å²) in [6.07, 6.45) is 7.65. The maximum atomic E-state index is 13.3. The van der Waals surface area contributed by atoms with Crippen LogP contribution in [0.25, 0.3) is 11.7 Å². The largest absolute Gasteiger partial charge is 0.378 e. The van der Waals surface area contributed by atoms with E-state index < -0.39 is 0 Å². The molecule has 2 aliphatic rings. The van der Waals surface area contributed by atoms with Gasteiger partial charge < -0.3 is 9.64 Å². The number of aromatic nitrogens is 2. The SMILES string of the molecule is CCCCCCN1C(=O)/C(=C\c2c(N3CCOCC3)nc3ccccn3c2=O)SC1=S. The summed E-state index contributed by atoms with van der Waals surface area (Å²) < 4.78 is 7.53. The first-order chi connectivity index (χ1) is 15.1. The number of morpholine rings is 1. The molecular weight excluding hydrogens is 432 g/mol. The van der Waals surface area contributed by atoms with Gasteiger partial charge in [0.2, 0.25) is 0 Å². The highest BCUT2D eigenvalue weighted by Gasteiger charge is 2.32. The quantitative estimate of drug-likeness (QED) is 0.358. The van der Waals surface area contributed by atoms with Crippen LogP contribution in [0, 0.1) is 0 Å². The van der Waals surface area contributed by atoms with Gasteiger partial charge in [0, 0.05) is 25.8 Å². The molecule has 0 aromatic carbocycles. The second-order valence-corrected chi connectivity index (χ2v) is 9.25. The van der Waals surface area contributed by atoms with E-state index in [4.69, 9.17) is 21.9 Å². The number of thiocarbonyl (C=S) groups is 1. The van der Waals surface area contributed by atoms with Crippen LogP contribution in [-0.4, -0.2) is 57.4 Å². The topological polar surface area (TPSA) is 67.2 Å². The molecule has 1 amide bonds. The summed E-state index contributed by atoms with van der Waals surface area (Å²) in [6.45, 7) is 5.23. The Morgan fingerprint density at radius 3 is 2.77 bits per heavy atom. The predicted octanol–water partition coefficient (Wildman–Crippen LogP) is 3.31. The number of hydrogen-bond donors (Lipinski definition) is 0. The Kier molecular flexibility index (Phi) is 7.04. The fraction of sp³-hybridized carbons (Fsp3) is 0.455. The molecule has 0 N–H and O–H groups in total. The van der Waals surface area contributed by atoms with Gasteiger partial charge in [-0.15, -0.1) is 0 Å². The Morgan fingerprint density at radius 1 is 1.19 bits per heavy atom. The highest BCUT2D eigenvalue weighted by molar-refractivity contribution is 8.26. The van der Waals surface area contributed by atoms with Gasteiger partial charge >= 0.3 is 0 Å². The van der Waals surface area contributed by atoms with Crippen molar-refractivity contribution in [3.63, 3.8) is 0 Å². The number of carbonyl (C=O) groups is 1. The lowest BCUT2D eigenvalue weighted by atomic mass is 10.2. The molecule has 31 heavy (non-hydrogen) atoms. The van der Waals surface area contributed by atoms with Crippen LogP contribution in [0.2, 0.25) is 0 Å². The number of rotatable bonds is 7. The molecule has 9 heteroatoms. The van der Waals surface area contributed by atoms with Crippen molar-refractivity contribution in [3.05, 3.63) is 45.2 Å². The van der Waals surface area contributed by atoms with Gasteiger partial charge in [-0.1, -0.05) is 56.2 Å². The van der Waals surface area contributed by atoms with E-state index in [9.17, 15) is 9.59 Å². The third-order valence-corrected chi connectivity index (χ3v) is 6.82. The molecule has 0 saturated carbocycles. The van der Waals surface area contributed by atoms with Crippen molar-refractivity contribution >= 4 is 51.7 Å². The zero-order valence-electron chi connectivity index (χ0n) is 17.6. The standard InChI is InChI=1S/C22H26N4O3S2/c1-2-3-4-6-10-26-21(28)17(31-22(26)30)15-16-19(24-11-13-29-14-12-24)23-18-8-5-7-9-25(18)20(16)27/h5,7-9,15H,2-4,6,10-14H2,1H3/b17-15+. The average molecular weight is 459 g/mol. The van der Waals surface area contributed by atoms with Gasteiger partial charge in [0.05, 0.1) is 23.7 Å². The van der Waals surface area contributed by atoms with Gasteiger partial charge in [-0.25, -0.2) is 4.98 Å². The molecule has 4 rings (SSSR count). The Hall–Kier alpha value is -2.23. The van der Waals surface area contributed by atoms with E-state index in [1.165, 1.54) is 16.2 Å². The second-order valence-electron chi connectivity index (χ2n) is 7.58. The maximum Gasteiger partial charge on any atom is 0.267 e. The normalized spacial score (nSPS) is 18.5. The van der Waals surface area contributed by atoms with Gasteiger partial charge in [0.25, 0.3) is 11.5 Å². The zero-order chi connectivity index (χ0) is 21.8. The van der Waals surface area contributed by atoms with Gasteiger partial charge in [0.1, 0.15) is 15.8 Å². The average Bonchev–Trinajstić information content (AvgIpc) is 3.06. The van der Waals surface area contributed by atoms with Crippen LogP contribution in [0.4, 0.5) is 5.82 Å². The van der Waals surface area contributed by atoms with Crippen LogP contribution < -0.4 is 10.5 Å². The minimum atomic E-state index is -0.194. The molecule has 164 valence electrons. The van der Waals surface area contributed by atoms with Gasteiger partial charge in [0.15, 0.2) is 0 Å². The van der Waals surface area contributed by atoms with Gasteiger partial charge in [-0.3, -0.25) is 18.9 Å². The fourth-order valence-electron chi connectivity index (χ4n) is 3.75. The van der Waals surface area contributed by atoms with Crippen LogP contribution in [-0.2, 0) is 9.53 Å². The van der Waals surface area contributed by atoms with Crippen molar-refractivity contribution < 1.29 is 9.53 Å². The van der Waals surface area contributed by atoms with E-state index in [0.717, 1.165) is 25.7 Å². The molecule has 2 aromatic rings. The molecular formula is C22H26N4O3S2. The minimum Gasteiger partial charge on any atom is -0.378 e. The highest BCUT2D eigenvalue weighted by Crippen LogP contribution is 2.33. The van der Waals surface area contributed by atoms with Crippen LogP contribution >= 0.6 is 24.0 Å². The Morgan fingerprint density at radius 2 is 2.00 bits per heavy atom. The second kappa shape index (κ2) is 9.93. The van der Waals surface area contributed by atoms with E-state index in [1.54, 1.807) is 23.2 Å². The summed E-state index contributed by atoms with van der Waals surface area (Å²) in [5, 5.41) is 0. The van der Waals surface area contributed by atoms with Gasteiger partial charge in [-0.2, -0.15) is 0 Å².